The van der Waals surface area contributed by atoms with Crippen molar-refractivity contribution >= 4 is 23.2 Å². The number of carbonyl (C=O) groups is 1. The van der Waals surface area contributed by atoms with Crippen molar-refractivity contribution < 1.29 is 13.9 Å². The molecule has 0 aliphatic heterocycles. The Morgan fingerprint density at radius 1 is 1.03 bits per heavy atom. The number of hydrogen-bond acceptors (Lipinski definition) is 3. The molecule has 4 aromatic rings. The maximum Gasteiger partial charge on any atom is 0.255 e. The highest BCUT2D eigenvalue weighted by Crippen LogP contribution is 2.24. The third-order valence-electron chi connectivity index (χ3n) is 5.59. The lowest BCUT2D eigenvalue weighted by Crippen LogP contribution is -2.14. The molecule has 1 aromatic heterocycles. The zero-order chi connectivity index (χ0) is 24.2. The van der Waals surface area contributed by atoms with Crippen LogP contribution in [0.4, 0.5) is 10.1 Å². The average Bonchev–Trinajstić information content (AvgIpc) is 3.07. The molecular weight excluding hydrogens is 453 g/mol. The molecule has 174 valence electrons. The van der Waals surface area contributed by atoms with Gasteiger partial charge in [0.05, 0.1) is 23.6 Å². The summed E-state index contributed by atoms with van der Waals surface area (Å²) in [6, 6.07) is 19.1. The molecule has 34 heavy (non-hydrogen) atoms. The molecule has 0 aliphatic carbocycles. The first-order chi connectivity index (χ1) is 16.3. The van der Waals surface area contributed by atoms with Crippen LogP contribution < -0.4 is 10.1 Å². The molecule has 0 saturated heterocycles. The van der Waals surface area contributed by atoms with Gasteiger partial charge in [-0.3, -0.25) is 9.48 Å². The Balaban J connectivity index is 1.45. The van der Waals surface area contributed by atoms with Gasteiger partial charge in [-0.05, 0) is 79.9 Å². The van der Waals surface area contributed by atoms with Crippen LogP contribution >= 0.6 is 11.6 Å². The van der Waals surface area contributed by atoms with Gasteiger partial charge >= 0.3 is 0 Å². The summed E-state index contributed by atoms with van der Waals surface area (Å²) in [5, 5.41) is 8.20. The summed E-state index contributed by atoms with van der Waals surface area (Å²) in [5.41, 5.74) is 5.49. The molecule has 0 fully saturated rings. The Kier molecular flexibility index (Phi) is 6.98. The summed E-state index contributed by atoms with van der Waals surface area (Å²) in [7, 11) is 0. The standard InChI is InChI=1S/C27H25ClFN3O2/c1-17-13-23(28)9-12-25(17)34-16-21-5-4-6-22(14-21)27(33)30-26-18(2)31-32(19(26)3)15-20-7-10-24(29)11-8-20/h4-14H,15-16H2,1-3H3,(H,30,33). The predicted molar refractivity (Wildman–Crippen MR) is 132 cm³/mol. The summed E-state index contributed by atoms with van der Waals surface area (Å²) in [6.45, 7) is 6.50. The minimum absolute atomic E-state index is 0.225. The smallest absolute Gasteiger partial charge is 0.255 e. The summed E-state index contributed by atoms with van der Waals surface area (Å²) in [4.78, 5) is 13.0. The van der Waals surface area contributed by atoms with Crippen LogP contribution in [-0.4, -0.2) is 15.7 Å². The Bertz CT molecular complexity index is 1330. The quantitative estimate of drug-likeness (QED) is 0.331. The van der Waals surface area contributed by atoms with E-state index in [4.69, 9.17) is 16.3 Å². The largest absolute Gasteiger partial charge is 0.489 e. The number of nitrogens with zero attached hydrogens (tertiary/aromatic N) is 2. The fraction of sp³-hybridized carbons (Fsp3) is 0.185. The summed E-state index contributed by atoms with van der Waals surface area (Å²) in [5.74, 6) is 0.247. The highest BCUT2D eigenvalue weighted by Gasteiger charge is 2.16. The van der Waals surface area contributed by atoms with Gasteiger partial charge in [-0.1, -0.05) is 35.9 Å². The lowest BCUT2D eigenvalue weighted by molar-refractivity contribution is 0.102. The monoisotopic (exact) mass is 477 g/mol. The maximum absolute atomic E-state index is 13.2. The maximum atomic E-state index is 13.2. The number of carbonyl (C=O) groups excluding carboxylic acids is 1. The Hall–Kier alpha value is -3.64. The van der Waals surface area contributed by atoms with E-state index >= 15 is 0 Å². The molecule has 3 aromatic carbocycles. The van der Waals surface area contributed by atoms with Gasteiger partial charge in [-0.2, -0.15) is 5.10 Å². The van der Waals surface area contributed by atoms with Gasteiger partial charge in [0.15, 0.2) is 0 Å². The zero-order valence-corrected chi connectivity index (χ0v) is 20.0. The normalized spacial score (nSPS) is 10.9. The van der Waals surface area contributed by atoms with Gasteiger partial charge < -0.3 is 10.1 Å². The third kappa shape index (κ3) is 5.46. The van der Waals surface area contributed by atoms with Gasteiger partial charge in [-0.15, -0.1) is 0 Å². The van der Waals surface area contributed by atoms with E-state index in [1.807, 2.05) is 51.1 Å². The second kappa shape index (κ2) is 10.1. The number of rotatable bonds is 7. The third-order valence-corrected chi connectivity index (χ3v) is 5.82. The van der Waals surface area contributed by atoms with Crippen molar-refractivity contribution in [3.63, 3.8) is 0 Å². The van der Waals surface area contributed by atoms with Crippen LogP contribution in [0.15, 0.2) is 66.7 Å². The fourth-order valence-electron chi connectivity index (χ4n) is 3.72. The summed E-state index contributed by atoms with van der Waals surface area (Å²) in [6.07, 6.45) is 0. The molecule has 0 atom stereocenters. The van der Waals surface area contributed by atoms with Gasteiger partial charge in [0.1, 0.15) is 18.2 Å². The number of ether oxygens (including phenoxy) is 1. The molecule has 1 heterocycles. The number of halogens is 2. The molecule has 5 nitrogen and oxygen atoms in total. The molecule has 0 aliphatic rings. The van der Waals surface area contributed by atoms with Crippen molar-refractivity contribution in [1.82, 2.24) is 9.78 Å². The first-order valence-corrected chi connectivity index (χ1v) is 11.3. The number of nitrogens with one attached hydrogen (secondary N) is 1. The van der Waals surface area contributed by atoms with Crippen LogP contribution in [0.3, 0.4) is 0 Å². The number of aromatic nitrogens is 2. The van der Waals surface area contributed by atoms with Crippen molar-refractivity contribution in [2.75, 3.05) is 5.32 Å². The van der Waals surface area contributed by atoms with E-state index in [9.17, 15) is 9.18 Å². The molecule has 7 heteroatoms. The topological polar surface area (TPSA) is 56.1 Å². The summed E-state index contributed by atoms with van der Waals surface area (Å²) >= 11 is 6.01. The molecule has 0 bridgehead atoms. The Morgan fingerprint density at radius 2 is 1.79 bits per heavy atom. The van der Waals surface area contributed by atoms with Gasteiger partial charge in [0.2, 0.25) is 0 Å². The van der Waals surface area contributed by atoms with Crippen LogP contribution in [0.1, 0.15) is 38.4 Å². The second-order valence-electron chi connectivity index (χ2n) is 8.18. The molecular formula is C27H25ClFN3O2. The van der Waals surface area contributed by atoms with E-state index < -0.39 is 0 Å². The van der Waals surface area contributed by atoms with Gasteiger partial charge in [0, 0.05) is 10.6 Å². The van der Waals surface area contributed by atoms with Crippen LogP contribution in [0.25, 0.3) is 0 Å². The zero-order valence-electron chi connectivity index (χ0n) is 19.2. The van der Waals surface area contributed by atoms with Crippen LogP contribution in [0.5, 0.6) is 5.75 Å². The first-order valence-electron chi connectivity index (χ1n) is 10.9. The highest BCUT2D eigenvalue weighted by atomic mass is 35.5. The number of anilines is 1. The predicted octanol–water partition coefficient (Wildman–Crippen LogP) is 6.48. The van der Waals surface area contributed by atoms with Crippen LogP contribution in [0, 0.1) is 26.6 Å². The van der Waals surface area contributed by atoms with E-state index in [1.54, 1.807) is 28.9 Å². The minimum atomic E-state index is -0.277. The van der Waals surface area contributed by atoms with Gasteiger partial charge in [0.25, 0.3) is 5.91 Å². The molecule has 0 unspecified atom stereocenters. The van der Waals surface area contributed by atoms with Crippen LogP contribution in [0.2, 0.25) is 5.02 Å². The Labute approximate surface area is 203 Å². The molecule has 4 rings (SSSR count). The minimum Gasteiger partial charge on any atom is -0.489 e. The number of aryl methyl sites for hydroxylation is 2. The SMILES string of the molecule is Cc1cc(Cl)ccc1OCc1cccc(C(=O)Nc2c(C)nn(Cc3ccc(F)cc3)c2C)c1. The number of hydrogen-bond donors (Lipinski definition) is 1. The molecule has 1 N–H and O–H groups in total. The summed E-state index contributed by atoms with van der Waals surface area (Å²) < 4.78 is 20.9. The van der Waals surface area contributed by atoms with Crippen molar-refractivity contribution in [2.24, 2.45) is 0 Å². The van der Waals surface area contributed by atoms with Crippen molar-refractivity contribution in [1.29, 1.82) is 0 Å². The van der Waals surface area contributed by atoms with Crippen LogP contribution in [-0.2, 0) is 13.2 Å². The van der Waals surface area contributed by atoms with E-state index in [2.05, 4.69) is 10.4 Å². The van der Waals surface area contributed by atoms with Crippen molar-refractivity contribution in [2.45, 2.75) is 33.9 Å². The van der Waals surface area contributed by atoms with E-state index in [0.717, 1.165) is 28.1 Å². The van der Waals surface area contributed by atoms with E-state index in [1.165, 1.54) is 12.1 Å². The van der Waals surface area contributed by atoms with Crippen molar-refractivity contribution in [3.8, 4) is 5.75 Å². The fourth-order valence-corrected chi connectivity index (χ4v) is 3.95. The Morgan fingerprint density at radius 3 is 2.53 bits per heavy atom. The number of amides is 1. The van der Waals surface area contributed by atoms with Gasteiger partial charge in [-0.25, -0.2) is 4.39 Å². The van der Waals surface area contributed by atoms with E-state index in [-0.39, 0.29) is 11.7 Å². The first kappa shape index (κ1) is 23.5. The van der Waals surface area contributed by atoms with E-state index in [0.29, 0.717) is 35.1 Å². The molecule has 0 spiro atoms. The second-order valence-corrected chi connectivity index (χ2v) is 8.62. The average molecular weight is 478 g/mol. The lowest BCUT2D eigenvalue weighted by Gasteiger charge is -2.11. The molecule has 0 saturated carbocycles. The lowest BCUT2D eigenvalue weighted by atomic mass is 10.1. The van der Waals surface area contributed by atoms with Crippen molar-refractivity contribution in [3.05, 3.63) is 111 Å². The number of benzene rings is 3. The molecule has 0 radical (unpaired) electrons. The molecule has 1 amide bonds. The highest BCUT2D eigenvalue weighted by molar-refractivity contribution is 6.30.